The zero-order chi connectivity index (χ0) is 22.2. The van der Waals surface area contributed by atoms with Gasteiger partial charge >= 0.3 is 0 Å². The number of rotatable bonds is 3. The first kappa shape index (κ1) is 20.7. The van der Waals surface area contributed by atoms with Crippen molar-refractivity contribution in [2.45, 2.75) is 24.9 Å². The summed E-state index contributed by atoms with van der Waals surface area (Å²) in [5.41, 5.74) is 2.78. The lowest BCUT2D eigenvalue weighted by molar-refractivity contribution is -0.121. The van der Waals surface area contributed by atoms with E-state index >= 15 is 0 Å². The fourth-order valence-corrected chi connectivity index (χ4v) is 5.03. The third-order valence-corrected chi connectivity index (χ3v) is 7.05. The fraction of sp³-hybridized carbons (Fsp3) is 0.208. The zero-order valence-corrected chi connectivity index (χ0v) is 18.6. The molecular formula is C24H20ClN3O3S. The predicted molar refractivity (Wildman–Crippen MR) is 125 cm³/mol. The minimum absolute atomic E-state index is 0.144. The maximum Gasteiger partial charge on any atom is 0.261 e. The maximum atomic E-state index is 13.4. The van der Waals surface area contributed by atoms with Crippen LogP contribution in [0.4, 0.5) is 5.69 Å². The van der Waals surface area contributed by atoms with Crippen LogP contribution in [0.1, 0.15) is 32.9 Å². The van der Waals surface area contributed by atoms with Crippen LogP contribution in [-0.2, 0) is 4.79 Å². The van der Waals surface area contributed by atoms with Gasteiger partial charge in [0, 0.05) is 17.6 Å². The lowest BCUT2D eigenvalue weighted by Crippen LogP contribution is -2.54. The summed E-state index contributed by atoms with van der Waals surface area (Å²) >= 11 is 7.37. The van der Waals surface area contributed by atoms with Crippen molar-refractivity contribution >= 4 is 46.3 Å². The maximum absolute atomic E-state index is 13.4. The molecular weight excluding hydrogens is 446 g/mol. The van der Waals surface area contributed by atoms with Crippen molar-refractivity contribution in [1.82, 2.24) is 10.2 Å². The summed E-state index contributed by atoms with van der Waals surface area (Å²) in [4.78, 5) is 41.1. The van der Waals surface area contributed by atoms with Crippen LogP contribution < -0.4 is 10.6 Å². The van der Waals surface area contributed by atoms with Gasteiger partial charge in [-0.2, -0.15) is 0 Å². The zero-order valence-electron chi connectivity index (χ0n) is 17.0. The molecule has 1 fully saturated rings. The smallest absolute Gasteiger partial charge is 0.261 e. The number of hydrogen-bond donors (Lipinski definition) is 2. The standard InChI is InChI=1S/C24H20ClN3O3S/c25-16-6-3-14(4-7-16)15-5-8-19-18(12-15)24(31)28-10-9-17(13-20(28)22(29)27-19)26-23(30)21-2-1-11-32-21/h1-8,11-12,17,20H,9-10,13H2,(H,26,30)(H,27,29). The van der Waals surface area contributed by atoms with Crippen molar-refractivity contribution in [3.8, 4) is 11.1 Å². The molecule has 5 rings (SSSR count). The Labute approximate surface area is 194 Å². The number of fused-ring (bicyclic) bond motifs is 2. The van der Waals surface area contributed by atoms with E-state index in [-0.39, 0.29) is 23.8 Å². The summed E-state index contributed by atoms with van der Waals surface area (Å²) in [5, 5.41) is 8.41. The second kappa shape index (κ2) is 8.41. The highest BCUT2D eigenvalue weighted by Gasteiger charge is 2.40. The van der Waals surface area contributed by atoms with Crippen molar-refractivity contribution in [1.29, 1.82) is 0 Å². The first-order valence-corrected chi connectivity index (χ1v) is 11.6. The van der Waals surface area contributed by atoms with Gasteiger partial charge in [-0.05, 0) is 59.7 Å². The van der Waals surface area contributed by atoms with Crippen LogP contribution in [0, 0.1) is 0 Å². The molecule has 0 radical (unpaired) electrons. The van der Waals surface area contributed by atoms with Crippen LogP contribution >= 0.6 is 22.9 Å². The molecule has 6 nitrogen and oxygen atoms in total. The molecule has 1 aromatic heterocycles. The Kier molecular flexibility index (Phi) is 5.45. The Morgan fingerprint density at radius 2 is 1.88 bits per heavy atom. The highest BCUT2D eigenvalue weighted by atomic mass is 35.5. The second-order valence-corrected chi connectivity index (χ2v) is 9.33. The molecule has 2 aromatic carbocycles. The van der Waals surface area contributed by atoms with E-state index in [1.54, 1.807) is 29.2 Å². The van der Waals surface area contributed by atoms with Gasteiger partial charge in [0.25, 0.3) is 11.8 Å². The molecule has 2 aliphatic heterocycles. The first-order valence-electron chi connectivity index (χ1n) is 10.4. The summed E-state index contributed by atoms with van der Waals surface area (Å²) in [6.07, 6.45) is 0.978. The Hall–Kier alpha value is -3.16. The molecule has 1 saturated heterocycles. The van der Waals surface area contributed by atoms with Crippen LogP contribution in [0.5, 0.6) is 0 Å². The predicted octanol–water partition coefficient (Wildman–Crippen LogP) is 4.42. The van der Waals surface area contributed by atoms with Crippen LogP contribution in [0.25, 0.3) is 11.1 Å². The van der Waals surface area contributed by atoms with E-state index in [9.17, 15) is 14.4 Å². The van der Waals surface area contributed by atoms with E-state index in [4.69, 9.17) is 11.6 Å². The van der Waals surface area contributed by atoms with Crippen molar-refractivity contribution < 1.29 is 14.4 Å². The fourth-order valence-electron chi connectivity index (χ4n) is 4.28. The summed E-state index contributed by atoms with van der Waals surface area (Å²) in [5.74, 6) is -0.552. The van der Waals surface area contributed by atoms with Crippen LogP contribution in [-0.4, -0.2) is 41.2 Å². The number of piperidine rings is 1. The third kappa shape index (κ3) is 3.89. The van der Waals surface area contributed by atoms with Gasteiger partial charge in [0.05, 0.1) is 16.1 Å². The first-order chi connectivity index (χ1) is 15.5. The number of carbonyl (C=O) groups is 3. The third-order valence-electron chi connectivity index (χ3n) is 5.93. The largest absolute Gasteiger partial charge is 0.348 e. The van der Waals surface area contributed by atoms with Gasteiger partial charge in [-0.3, -0.25) is 14.4 Å². The minimum Gasteiger partial charge on any atom is -0.348 e. The van der Waals surface area contributed by atoms with Gasteiger partial charge in [-0.25, -0.2) is 0 Å². The molecule has 3 amide bonds. The summed E-state index contributed by atoms with van der Waals surface area (Å²) < 4.78 is 0. The van der Waals surface area contributed by atoms with Crippen molar-refractivity contribution in [2.24, 2.45) is 0 Å². The molecule has 32 heavy (non-hydrogen) atoms. The van der Waals surface area contributed by atoms with Crippen molar-refractivity contribution in [3.05, 3.63) is 75.4 Å². The van der Waals surface area contributed by atoms with Gasteiger partial charge in [-0.1, -0.05) is 35.9 Å². The number of nitrogens with one attached hydrogen (secondary N) is 2. The van der Waals surface area contributed by atoms with Crippen molar-refractivity contribution in [2.75, 3.05) is 11.9 Å². The van der Waals surface area contributed by atoms with Crippen LogP contribution in [0.3, 0.4) is 0 Å². The Morgan fingerprint density at radius 3 is 2.62 bits per heavy atom. The van der Waals surface area contributed by atoms with Crippen molar-refractivity contribution in [3.63, 3.8) is 0 Å². The average molecular weight is 466 g/mol. The number of halogens is 1. The average Bonchev–Trinajstić information content (AvgIpc) is 3.32. The van der Waals surface area contributed by atoms with Gasteiger partial charge < -0.3 is 15.5 Å². The monoisotopic (exact) mass is 465 g/mol. The Morgan fingerprint density at radius 1 is 1.09 bits per heavy atom. The van der Waals surface area contributed by atoms with E-state index in [1.807, 2.05) is 35.7 Å². The second-order valence-electron chi connectivity index (χ2n) is 7.94. The van der Waals surface area contributed by atoms with E-state index < -0.39 is 6.04 Å². The number of benzene rings is 2. The lowest BCUT2D eigenvalue weighted by atomic mass is 9.95. The molecule has 0 bridgehead atoms. The molecule has 2 aliphatic rings. The van der Waals surface area contributed by atoms with E-state index in [1.165, 1.54) is 11.3 Å². The van der Waals surface area contributed by atoms with E-state index in [0.29, 0.717) is 40.5 Å². The summed E-state index contributed by atoms with van der Waals surface area (Å²) in [6, 6.07) is 15.7. The molecule has 162 valence electrons. The SMILES string of the molecule is O=C(NC1CCN2C(=O)c3cc(-c4ccc(Cl)cc4)ccc3NC(=O)C2C1)c1cccs1. The number of amides is 3. The number of nitrogens with zero attached hydrogens (tertiary/aromatic N) is 1. The molecule has 0 aliphatic carbocycles. The number of anilines is 1. The molecule has 2 N–H and O–H groups in total. The molecule has 2 unspecified atom stereocenters. The summed E-state index contributed by atoms with van der Waals surface area (Å²) in [7, 11) is 0. The molecule has 0 saturated carbocycles. The van der Waals surface area contributed by atoms with E-state index in [0.717, 1.165) is 11.1 Å². The molecule has 3 heterocycles. The van der Waals surface area contributed by atoms with Gasteiger partial charge in [0.2, 0.25) is 5.91 Å². The topological polar surface area (TPSA) is 78.5 Å². The number of carbonyl (C=O) groups excluding carboxylic acids is 3. The van der Waals surface area contributed by atoms with Crippen LogP contribution in [0.15, 0.2) is 60.0 Å². The number of hydrogen-bond acceptors (Lipinski definition) is 4. The molecule has 3 aromatic rings. The minimum atomic E-state index is -0.628. The van der Waals surface area contributed by atoms with Gasteiger partial charge in [0.1, 0.15) is 6.04 Å². The highest BCUT2D eigenvalue weighted by Crippen LogP contribution is 2.32. The van der Waals surface area contributed by atoms with E-state index in [2.05, 4.69) is 10.6 Å². The molecule has 2 atom stereocenters. The normalized spacial score (nSPS) is 20.1. The van der Waals surface area contributed by atoms with Gasteiger partial charge in [-0.15, -0.1) is 11.3 Å². The molecule has 0 spiro atoms. The quantitative estimate of drug-likeness (QED) is 0.600. The molecule has 8 heteroatoms. The highest BCUT2D eigenvalue weighted by molar-refractivity contribution is 7.12. The Bertz CT molecular complexity index is 1190. The summed E-state index contributed by atoms with van der Waals surface area (Å²) in [6.45, 7) is 0.400. The Balaban J connectivity index is 1.38. The van der Waals surface area contributed by atoms with Gasteiger partial charge in [0.15, 0.2) is 0 Å². The van der Waals surface area contributed by atoms with Crippen LogP contribution in [0.2, 0.25) is 5.02 Å². The number of thiophene rings is 1. The lowest BCUT2D eigenvalue weighted by Gasteiger charge is -2.37.